The van der Waals surface area contributed by atoms with Gasteiger partial charge in [0, 0.05) is 73.8 Å². The number of fused-ring (bicyclic) bond motifs is 2. The number of hydrogen-bond donors (Lipinski definition) is 4. The van der Waals surface area contributed by atoms with Crippen LogP contribution in [0, 0.1) is 17.7 Å². The zero-order valence-electron chi connectivity index (χ0n) is 36.9. The number of ether oxygens (including phenoxy) is 3. The van der Waals surface area contributed by atoms with E-state index in [9.17, 15) is 33.5 Å². The topological polar surface area (TPSA) is 189 Å². The van der Waals surface area contributed by atoms with Gasteiger partial charge in [-0.05, 0) is 98.0 Å². The average molecular weight is 927 g/mol. The Labute approximate surface area is 387 Å². The quantitative estimate of drug-likeness (QED) is 0.0654. The number of aliphatic hydroxyl groups excluding tert-OH is 1. The van der Waals surface area contributed by atoms with Gasteiger partial charge in [0.25, 0.3) is 11.8 Å². The molecule has 0 spiro atoms. The molecule has 3 aromatic carbocycles. The second-order valence-corrected chi connectivity index (χ2v) is 17.9. The lowest BCUT2D eigenvalue weighted by Crippen LogP contribution is -2.57. The number of nitrogens with zero attached hydrogens (tertiary/aromatic N) is 3. The Hall–Kier alpha value is -5.68. The van der Waals surface area contributed by atoms with Crippen molar-refractivity contribution in [1.29, 1.82) is 0 Å². The van der Waals surface area contributed by atoms with Crippen LogP contribution in [-0.2, 0) is 23.9 Å². The van der Waals surface area contributed by atoms with E-state index in [1.807, 2.05) is 17.9 Å². The normalized spacial score (nSPS) is 21.7. The largest absolute Gasteiger partial charge is 0.489 e. The highest BCUT2D eigenvalue weighted by molar-refractivity contribution is 6.32. The van der Waals surface area contributed by atoms with E-state index in [1.54, 1.807) is 54.7 Å². The third-order valence-corrected chi connectivity index (χ3v) is 13.7. The van der Waals surface area contributed by atoms with Crippen LogP contribution >= 0.6 is 11.6 Å². The second kappa shape index (κ2) is 21.3. The molecule has 4 N–H and O–H groups in total. The molecule has 0 bridgehead atoms. The van der Waals surface area contributed by atoms with E-state index < -0.39 is 24.1 Å². The summed E-state index contributed by atoms with van der Waals surface area (Å²) < 4.78 is 31.7. The van der Waals surface area contributed by atoms with Crippen molar-refractivity contribution in [3.63, 3.8) is 0 Å². The Bertz CT molecular complexity index is 2440. The molecule has 5 amide bonds. The van der Waals surface area contributed by atoms with Crippen LogP contribution in [0.1, 0.15) is 96.9 Å². The third kappa shape index (κ3) is 10.8. The highest BCUT2D eigenvalue weighted by Gasteiger charge is 2.45. The minimum absolute atomic E-state index is 0.00472. The van der Waals surface area contributed by atoms with Crippen molar-refractivity contribution in [2.45, 2.75) is 89.0 Å². The zero-order valence-corrected chi connectivity index (χ0v) is 37.7. The van der Waals surface area contributed by atoms with Crippen molar-refractivity contribution in [2.75, 3.05) is 56.7 Å². The summed E-state index contributed by atoms with van der Waals surface area (Å²) >= 11 is 6.54. The van der Waals surface area contributed by atoms with Gasteiger partial charge in [-0.2, -0.15) is 0 Å². The van der Waals surface area contributed by atoms with Gasteiger partial charge in [0.15, 0.2) is 0 Å². The monoisotopic (exact) mass is 926 g/mol. The second-order valence-electron chi connectivity index (χ2n) is 17.5. The first kappa shape index (κ1) is 46.8. The molecule has 17 heteroatoms. The first-order valence-corrected chi connectivity index (χ1v) is 23.3. The molecule has 350 valence electrons. The summed E-state index contributed by atoms with van der Waals surface area (Å²) in [5, 5.41) is 20.3. The van der Waals surface area contributed by atoms with E-state index >= 15 is 0 Å². The number of halogens is 2. The smallest absolute Gasteiger partial charge is 0.264 e. The molecule has 3 aliphatic heterocycles. The Morgan fingerprint density at radius 1 is 0.924 bits per heavy atom. The van der Waals surface area contributed by atoms with E-state index in [2.05, 4.69) is 20.9 Å². The van der Waals surface area contributed by atoms with Crippen molar-refractivity contribution in [3.05, 3.63) is 94.4 Å². The number of aromatic nitrogens is 1. The molecule has 66 heavy (non-hydrogen) atoms. The van der Waals surface area contributed by atoms with Crippen LogP contribution in [0.4, 0.5) is 15.8 Å². The van der Waals surface area contributed by atoms with Gasteiger partial charge in [-0.1, -0.05) is 24.6 Å². The minimum Gasteiger partial charge on any atom is -0.489 e. The van der Waals surface area contributed by atoms with Gasteiger partial charge in [0.2, 0.25) is 17.7 Å². The molecule has 1 saturated carbocycles. The molecule has 3 atom stereocenters. The van der Waals surface area contributed by atoms with Crippen LogP contribution in [-0.4, -0.2) is 114 Å². The summed E-state index contributed by atoms with van der Waals surface area (Å²) in [7, 11) is 0. The molecule has 4 aromatic rings. The van der Waals surface area contributed by atoms with E-state index in [1.165, 1.54) is 6.07 Å². The van der Waals surface area contributed by atoms with Crippen molar-refractivity contribution < 1.29 is 47.7 Å². The maximum absolute atomic E-state index is 14.1. The van der Waals surface area contributed by atoms with E-state index in [0.717, 1.165) is 47.0 Å². The molecular formula is C49H56ClFN6O9. The number of benzene rings is 3. The first-order valence-electron chi connectivity index (χ1n) is 22.9. The molecule has 2 unspecified atom stereocenters. The number of hydrogen-bond acceptors (Lipinski definition) is 11. The number of nitrogens with one attached hydrogen (secondary N) is 3. The van der Waals surface area contributed by atoms with Crippen LogP contribution in [0.2, 0.25) is 5.02 Å². The SMILES string of the molecule is C[C@@H](C(=O)Nc1ccc(Cl)c(OC2CCN(C(=O)CCOCCOCCNc3cccc4c3C(=O)N(C3CCC(=O)NC3O)C4=O)CC2)c1)[C@H]1CC[C@@H](c2ccnc3ccc(F)cc32)CC1. The summed E-state index contributed by atoms with van der Waals surface area (Å²) in [6.45, 7) is 4.53. The Balaban J connectivity index is 0.697. The van der Waals surface area contributed by atoms with Gasteiger partial charge in [-0.3, -0.25) is 33.9 Å². The molecule has 4 heterocycles. The van der Waals surface area contributed by atoms with Crippen LogP contribution in [0.25, 0.3) is 10.9 Å². The van der Waals surface area contributed by atoms with E-state index in [4.69, 9.17) is 25.8 Å². The van der Waals surface area contributed by atoms with Gasteiger partial charge in [-0.25, -0.2) is 4.39 Å². The van der Waals surface area contributed by atoms with Gasteiger partial charge >= 0.3 is 0 Å². The average Bonchev–Trinajstić information content (AvgIpc) is 3.57. The molecule has 1 aromatic heterocycles. The summed E-state index contributed by atoms with van der Waals surface area (Å²) in [6, 6.07) is 16.1. The van der Waals surface area contributed by atoms with Crippen molar-refractivity contribution in [2.24, 2.45) is 11.8 Å². The van der Waals surface area contributed by atoms with Crippen LogP contribution < -0.4 is 20.7 Å². The zero-order chi connectivity index (χ0) is 46.3. The number of amides is 5. The summed E-state index contributed by atoms with van der Waals surface area (Å²) in [5.74, 6) is -0.900. The van der Waals surface area contributed by atoms with Gasteiger partial charge in [0.1, 0.15) is 23.9 Å². The molecule has 15 nitrogen and oxygen atoms in total. The lowest BCUT2D eigenvalue weighted by molar-refractivity contribution is -0.134. The van der Waals surface area contributed by atoms with E-state index in [0.29, 0.717) is 80.4 Å². The maximum atomic E-state index is 14.1. The van der Waals surface area contributed by atoms with Crippen molar-refractivity contribution in [1.82, 2.24) is 20.1 Å². The van der Waals surface area contributed by atoms with Crippen LogP contribution in [0.5, 0.6) is 5.75 Å². The van der Waals surface area contributed by atoms with Gasteiger partial charge in [-0.15, -0.1) is 0 Å². The lowest BCUT2D eigenvalue weighted by atomic mass is 9.73. The number of likely N-dealkylation sites (tertiary alicyclic amines) is 1. The van der Waals surface area contributed by atoms with Crippen LogP contribution in [0.3, 0.4) is 0 Å². The van der Waals surface area contributed by atoms with Gasteiger partial charge in [0.05, 0.1) is 60.6 Å². The number of piperidine rings is 2. The fourth-order valence-corrected chi connectivity index (χ4v) is 9.82. The van der Waals surface area contributed by atoms with Gasteiger partial charge < -0.3 is 40.2 Å². The predicted octanol–water partition coefficient (Wildman–Crippen LogP) is 6.67. The fourth-order valence-electron chi connectivity index (χ4n) is 9.66. The molecule has 2 saturated heterocycles. The molecular weight excluding hydrogens is 871 g/mol. The number of carbonyl (C=O) groups excluding carboxylic acids is 5. The Morgan fingerprint density at radius 3 is 2.47 bits per heavy atom. The maximum Gasteiger partial charge on any atom is 0.264 e. The van der Waals surface area contributed by atoms with Crippen molar-refractivity contribution >= 4 is 63.4 Å². The number of imide groups is 1. The summed E-state index contributed by atoms with van der Waals surface area (Å²) in [5.41, 5.74) is 3.46. The molecule has 4 aliphatic rings. The summed E-state index contributed by atoms with van der Waals surface area (Å²) in [6.07, 6.45) is 5.72. The summed E-state index contributed by atoms with van der Waals surface area (Å²) in [4.78, 5) is 71.7. The number of carbonyl (C=O) groups is 5. The van der Waals surface area contributed by atoms with Crippen LogP contribution in [0.15, 0.2) is 66.9 Å². The van der Waals surface area contributed by atoms with E-state index in [-0.39, 0.29) is 78.5 Å². The molecule has 3 fully saturated rings. The molecule has 8 rings (SSSR count). The number of aliphatic hydroxyl groups is 1. The highest BCUT2D eigenvalue weighted by Crippen LogP contribution is 2.41. The highest BCUT2D eigenvalue weighted by atomic mass is 35.5. The number of anilines is 2. The lowest BCUT2D eigenvalue weighted by Gasteiger charge is -2.33. The standard InChI is InChI=1S/C49H56ClFN6O9/c1-29(30-5-7-31(8-6-30)35-15-19-52-39-12-9-32(51)27-37(35)39)46(60)54-33-10-11-38(50)42(28-33)66-34-16-21-56(22-17-34)44(59)18-23-64-25-26-65-24-20-53-40-4-2-3-36-45(40)49(63)57(48(36)62)41-13-14-43(58)55-47(41)61/h2-4,9-12,15,19,27-31,34,41,47,53,61H,5-8,13-14,16-18,20-26H2,1H3,(H,54,60)(H,55,58)/t29-,30-,31+,41?,47?/m1/s1. The fraction of sp³-hybridized carbons (Fsp3) is 0.469. The third-order valence-electron chi connectivity index (χ3n) is 13.4. The minimum atomic E-state index is -1.33. The van der Waals surface area contributed by atoms with Crippen molar-refractivity contribution in [3.8, 4) is 5.75 Å². The molecule has 1 aliphatic carbocycles. The number of rotatable bonds is 17. The molecule has 0 radical (unpaired) electrons. The Kier molecular flexibility index (Phi) is 15.1. The first-order chi connectivity index (χ1) is 31.9. The Morgan fingerprint density at radius 2 is 1.70 bits per heavy atom. The predicted molar refractivity (Wildman–Crippen MR) is 245 cm³/mol. The number of pyridine rings is 1.